The van der Waals surface area contributed by atoms with Crippen LogP contribution in [-0.2, 0) is 19.3 Å². The van der Waals surface area contributed by atoms with Crippen molar-refractivity contribution < 1.29 is 8.78 Å². The maximum absolute atomic E-state index is 15.2. The molecule has 0 unspecified atom stereocenters. The highest BCUT2D eigenvalue weighted by molar-refractivity contribution is 6.30. The van der Waals surface area contributed by atoms with Gasteiger partial charge in [-0.15, -0.1) is 0 Å². The fraction of sp³-hybridized carbons (Fsp3) is 0.290. The summed E-state index contributed by atoms with van der Waals surface area (Å²) in [6.45, 7) is 2.25. The zero-order valence-corrected chi connectivity index (χ0v) is 20.5. The van der Waals surface area contributed by atoms with Crippen LogP contribution in [-0.4, -0.2) is 0 Å². The molecule has 3 heteroatoms. The van der Waals surface area contributed by atoms with Crippen molar-refractivity contribution in [3.8, 4) is 11.1 Å². The van der Waals surface area contributed by atoms with E-state index in [0.29, 0.717) is 16.5 Å². The molecule has 4 aromatic rings. The van der Waals surface area contributed by atoms with Crippen molar-refractivity contribution >= 4 is 22.4 Å². The van der Waals surface area contributed by atoms with Gasteiger partial charge >= 0.3 is 0 Å². The Balaban J connectivity index is 1.40. The Bertz CT molecular complexity index is 1240. The van der Waals surface area contributed by atoms with Crippen molar-refractivity contribution in [2.24, 2.45) is 0 Å². The lowest BCUT2D eigenvalue weighted by Gasteiger charge is -2.10. The Morgan fingerprint density at radius 1 is 0.647 bits per heavy atom. The number of halogens is 3. The van der Waals surface area contributed by atoms with E-state index in [2.05, 4.69) is 37.3 Å². The topological polar surface area (TPSA) is 0 Å². The highest BCUT2D eigenvalue weighted by atomic mass is 35.5. The molecule has 0 atom stereocenters. The first-order valence-electron chi connectivity index (χ1n) is 12.3. The fourth-order valence-electron chi connectivity index (χ4n) is 4.48. The summed E-state index contributed by atoms with van der Waals surface area (Å²) in [5.74, 6) is -0.884. The second kappa shape index (κ2) is 11.6. The Morgan fingerprint density at radius 2 is 1.32 bits per heavy atom. The van der Waals surface area contributed by atoms with Gasteiger partial charge in [0, 0.05) is 10.9 Å². The van der Waals surface area contributed by atoms with Gasteiger partial charge in [-0.05, 0) is 65.5 Å². The van der Waals surface area contributed by atoms with Gasteiger partial charge in [0.1, 0.15) is 11.6 Å². The lowest BCUT2D eigenvalue weighted by atomic mass is 9.96. The van der Waals surface area contributed by atoms with Crippen LogP contribution in [0.2, 0.25) is 5.02 Å². The quantitative estimate of drug-likeness (QED) is 0.200. The molecule has 0 aliphatic heterocycles. The number of benzene rings is 4. The van der Waals surface area contributed by atoms with E-state index in [1.165, 1.54) is 60.9 Å². The Morgan fingerprint density at radius 3 is 2.06 bits per heavy atom. The number of hydrogen-bond donors (Lipinski definition) is 0. The maximum Gasteiger partial charge on any atom is 0.142 e. The van der Waals surface area contributed by atoms with Crippen LogP contribution in [0.25, 0.3) is 21.9 Å². The molecule has 176 valence electrons. The van der Waals surface area contributed by atoms with Gasteiger partial charge in [-0.2, -0.15) is 0 Å². The van der Waals surface area contributed by atoms with Crippen molar-refractivity contribution in [1.82, 2.24) is 0 Å². The van der Waals surface area contributed by atoms with Gasteiger partial charge < -0.3 is 0 Å². The summed E-state index contributed by atoms with van der Waals surface area (Å²) in [5, 5.41) is 1.43. The highest BCUT2D eigenvalue weighted by Crippen LogP contribution is 2.31. The van der Waals surface area contributed by atoms with Crippen molar-refractivity contribution in [3.63, 3.8) is 0 Å². The third-order valence-electron chi connectivity index (χ3n) is 6.54. The van der Waals surface area contributed by atoms with Gasteiger partial charge in [0.25, 0.3) is 0 Å². The van der Waals surface area contributed by atoms with E-state index in [1.807, 2.05) is 18.2 Å². The van der Waals surface area contributed by atoms with Crippen molar-refractivity contribution in [2.75, 3.05) is 0 Å². The molecule has 0 nitrogen and oxygen atoms in total. The van der Waals surface area contributed by atoms with Crippen LogP contribution >= 0.6 is 11.6 Å². The van der Waals surface area contributed by atoms with E-state index in [-0.39, 0.29) is 10.8 Å². The average molecular weight is 477 g/mol. The minimum atomic E-state index is -0.547. The molecule has 4 rings (SSSR count). The van der Waals surface area contributed by atoms with E-state index < -0.39 is 5.82 Å². The van der Waals surface area contributed by atoms with Gasteiger partial charge in [0.05, 0.1) is 5.02 Å². The summed E-state index contributed by atoms with van der Waals surface area (Å²) in [7, 11) is 0. The number of rotatable bonds is 10. The number of hydrogen-bond acceptors (Lipinski definition) is 0. The normalized spacial score (nSPS) is 11.3. The molecule has 0 aromatic heterocycles. The van der Waals surface area contributed by atoms with Crippen LogP contribution in [0, 0.1) is 11.6 Å². The van der Waals surface area contributed by atoms with E-state index in [4.69, 9.17) is 11.6 Å². The lowest BCUT2D eigenvalue weighted by Crippen LogP contribution is -1.94. The van der Waals surface area contributed by atoms with E-state index >= 15 is 4.39 Å². The molecule has 0 heterocycles. The van der Waals surface area contributed by atoms with Gasteiger partial charge in [-0.1, -0.05) is 105 Å². The van der Waals surface area contributed by atoms with Gasteiger partial charge in [-0.25, -0.2) is 8.78 Å². The van der Waals surface area contributed by atoms with E-state index in [0.717, 1.165) is 24.6 Å². The SMILES string of the molecule is CCCCCCCc1ccc(CCc2ccc3c(F)c(-c4ccc(Cl)c(F)c4)ccc3c2)cc1. The van der Waals surface area contributed by atoms with Gasteiger partial charge in [0.15, 0.2) is 0 Å². The number of fused-ring (bicyclic) bond motifs is 1. The summed E-state index contributed by atoms with van der Waals surface area (Å²) in [6.07, 6.45) is 9.55. The molecule has 0 N–H and O–H groups in total. The predicted octanol–water partition coefficient (Wildman–Crippen LogP) is 9.74. The van der Waals surface area contributed by atoms with Crippen LogP contribution < -0.4 is 0 Å². The molecule has 0 amide bonds. The molecule has 0 aliphatic carbocycles. The zero-order valence-electron chi connectivity index (χ0n) is 19.7. The molecule has 0 aliphatic rings. The summed E-state index contributed by atoms with van der Waals surface area (Å²) in [6, 6.07) is 22.8. The summed E-state index contributed by atoms with van der Waals surface area (Å²) < 4.78 is 29.1. The molecule has 0 bridgehead atoms. The summed E-state index contributed by atoms with van der Waals surface area (Å²) in [4.78, 5) is 0. The third-order valence-corrected chi connectivity index (χ3v) is 6.85. The zero-order chi connectivity index (χ0) is 23.9. The van der Waals surface area contributed by atoms with Crippen molar-refractivity contribution in [3.05, 3.63) is 106 Å². The first kappa shape index (κ1) is 24.4. The average Bonchev–Trinajstić information content (AvgIpc) is 2.85. The maximum atomic E-state index is 15.2. The van der Waals surface area contributed by atoms with Gasteiger partial charge in [-0.3, -0.25) is 0 Å². The van der Waals surface area contributed by atoms with Gasteiger partial charge in [0.2, 0.25) is 0 Å². The Kier molecular flexibility index (Phi) is 8.34. The molecule has 0 spiro atoms. The van der Waals surface area contributed by atoms with E-state index in [1.54, 1.807) is 12.1 Å². The van der Waals surface area contributed by atoms with Crippen molar-refractivity contribution in [2.45, 2.75) is 58.3 Å². The minimum Gasteiger partial charge on any atom is -0.206 e. The number of unbranched alkanes of at least 4 members (excludes halogenated alkanes) is 4. The molecule has 34 heavy (non-hydrogen) atoms. The molecular weight excluding hydrogens is 446 g/mol. The molecule has 0 radical (unpaired) electrons. The minimum absolute atomic E-state index is 0.0339. The molecule has 0 saturated carbocycles. The smallest absolute Gasteiger partial charge is 0.142 e. The summed E-state index contributed by atoms with van der Waals surface area (Å²) in [5.41, 5.74) is 4.77. The fourth-order valence-corrected chi connectivity index (χ4v) is 4.59. The van der Waals surface area contributed by atoms with E-state index in [9.17, 15) is 4.39 Å². The molecule has 4 aromatic carbocycles. The number of aryl methyl sites for hydroxylation is 3. The van der Waals surface area contributed by atoms with Crippen LogP contribution in [0.5, 0.6) is 0 Å². The first-order valence-corrected chi connectivity index (χ1v) is 12.7. The Labute approximate surface area is 206 Å². The second-order valence-electron chi connectivity index (χ2n) is 9.09. The van der Waals surface area contributed by atoms with Crippen LogP contribution in [0.15, 0.2) is 72.8 Å². The molecule has 0 saturated heterocycles. The monoisotopic (exact) mass is 476 g/mol. The second-order valence-corrected chi connectivity index (χ2v) is 9.50. The molecule has 0 fully saturated rings. The van der Waals surface area contributed by atoms with Crippen molar-refractivity contribution in [1.29, 1.82) is 0 Å². The van der Waals surface area contributed by atoms with Crippen LogP contribution in [0.4, 0.5) is 8.78 Å². The predicted molar refractivity (Wildman–Crippen MR) is 141 cm³/mol. The summed E-state index contributed by atoms with van der Waals surface area (Å²) >= 11 is 5.77. The van der Waals surface area contributed by atoms with Crippen LogP contribution in [0.3, 0.4) is 0 Å². The largest absolute Gasteiger partial charge is 0.206 e. The first-order chi connectivity index (χ1) is 16.5. The Hall–Kier alpha value is -2.71. The molecular formula is C31H31ClF2. The third kappa shape index (κ3) is 6.04. The lowest BCUT2D eigenvalue weighted by molar-refractivity contribution is 0.627. The van der Waals surface area contributed by atoms with Crippen LogP contribution in [0.1, 0.15) is 55.7 Å². The standard InChI is InChI=1S/C31H31ClF2/c1-2-3-4-5-6-7-22-8-10-23(11-9-22)12-13-24-14-17-27-25(20-24)15-18-28(31(27)34)26-16-19-29(32)30(33)21-26/h8-11,14-21H,2-7,12-13H2,1H3. The highest BCUT2D eigenvalue weighted by Gasteiger charge is 2.12.